The number of benzene rings is 17. The number of hydrogen-bond donors (Lipinski definition) is 0. The quantitative estimate of drug-likeness (QED) is 0.155. The maximum atomic E-state index is 6.91. The van der Waals surface area contributed by atoms with Crippen LogP contribution in [0.5, 0.6) is 0 Å². The summed E-state index contributed by atoms with van der Waals surface area (Å²) in [6.45, 7) is 0. The molecule has 19 rings (SSSR count). The van der Waals surface area contributed by atoms with E-state index in [2.05, 4.69) is 301 Å². The zero-order chi connectivity index (χ0) is 56.1. The summed E-state index contributed by atoms with van der Waals surface area (Å²) in [5.41, 5.74) is 9.93. The van der Waals surface area contributed by atoms with Crippen LogP contribution in [0.3, 0.4) is 0 Å². The zero-order valence-electron chi connectivity index (χ0n) is 46.4. The van der Waals surface area contributed by atoms with Crippen LogP contribution in [0.4, 0.5) is 34.1 Å². The van der Waals surface area contributed by atoms with Crippen molar-refractivity contribution in [3.8, 4) is 0 Å². The first-order chi connectivity index (χ1) is 42.6. The minimum absolute atomic E-state index is 0.829. The molecule has 0 fully saturated rings. The Labute approximate surface area is 492 Å². The van der Waals surface area contributed by atoms with Crippen LogP contribution in [-0.2, 0) is 0 Å². The van der Waals surface area contributed by atoms with Gasteiger partial charge < -0.3 is 18.6 Å². The van der Waals surface area contributed by atoms with Gasteiger partial charge in [0.15, 0.2) is 0 Å². The van der Waals surface area contributed by atoms with E-state index in [9.17, 15) is 0 Å². The molecule has 86 heavy (non-hydrogen) atoms. The van der Waals surface area contributed by atoms with E-state index in [-0.39, 0.29) is 0 Å². The first-order valence-electron chi connectivity index (χ1n) is 29.5. The Morgan fingerprint density at radius 3 is 0.779 bits per heavy atom. The SMILES string of the molecule is c1ccc2c(c1)ccc1c(N(c3ccc4cc5c(cc4c3)oc3cc4c(cc35)oc3cc5cc(N(c6cccc7c6ccc6ccccc67)c6cccc7c6ccc6ccccc67)ccc5cc34)c3cccc4c3ccc3ccccc34)cccc12. The van der Waals surface area contributed by atoms with Gasteiger partial charge in [0.2, 0.25) is 0 Å². The summed E-state index contributed by atoms with van der Waals surface area (Å²) in [6, 6.07) is 107. The van der Waals surface area contributed by atoms with Crippen LogP contribution >= 0.6 is 0 Å². The van der Waals surface area contributed by atoms with Crippen LogP contribution in [-0.4, -0.2) is 0 Å². The smallest absolute Gasteiger partial charge is 0.136 e. The molecule has 0 N–H and O–H groups in total. The van der Waals surface area contributed by atoms with Gasteiger partial charge in [-0.1, -0.05) is 206 Å². The van der Waals surface area contributed by atoms with Gasteiger partial charge in [-0.15, -0.1) is 0 Å². The zero-order valence-corrected chi connectivity index (χ0v) is 46.4. The molecule has 0 atom stereocenters. The molecular formula is C82H48N2O2. The molecule has 19 aromatic rings. The molecule has 0 unspecified atom stereocenters. The summed E-state index contributed by atoms with van der Waals surface area (Å²) in [6.07, 6.45) is 0. The Balaban J connectivity index is 0.745. The topological polar surface area (TPSA) is 32.8 Å². The molecule has 0 spiro atoms. The third kappa shape index (κ3) is 6.99. The molecule has 2 aromatic heterocycles. The van der Waals surface area contributed by atoms with Crippen LogP contribution in [0.2, 0.25) is 0 Å². The Hall–Kier alpha value is -11.5. The molecule has 4 heteroatoms. The van der Waals surface area contributed by atoms with Crippen LogP contribution in [0.1, 0.15) is 0 Å². The van der Waals surface area contributed by atoms with Crippen molar-refractivity contribution < 1.29 is 8.83 Å². The van der Waals surface area contributed by atoms with Crippen molar-refractivity contribution in [1.82, 2.24) is 0 Å². The molecule has 4 nitrogen and oxygen atoms in total. The fraction of sp³-hybridized carbons (Fsp3) is 0. The lowest BCUT2D eigenvalue weighted by Gasteiger charge is -2.29. The van der Waals surface area contributed by atoms with Gasteiger partial charge in [0, 0.05) is 54.5 Å². The Morgan fingerprint density at radius 1 is 0.163 bits per heavy atom. The minimum Gasteiger partial charge on any atom is -0.456 e. The van der Waals surface area contributed by atoms with Crippen molar-refractivity contribution in [3.63, 3.8) is 0 Å². The maximum Gasteiger partial charge on any atom is 0.136 e. The second kappa shape index (κ2) is 18.0. The van der Waals surface area contributed by atoms with Crippen LogP contribution < -0.4 is 9.80 Å². The van der Waals surface area contributed by atoms with Gasteiger partial charge in [-0.2, -0.15) is 0 Å². The fourth-order valence-corrected chi connectivity index (χ4v) is 14.5. The molecule has 0 aliphatic rings. The predicted molar refractivity (Wildman–Crippen MR) is 365 cm³/mol. The van der Waals surface area contributed by atoms with E-state index < -0.39 is 0 Å². The Morgan fingerprint density at radius 2 is 0.442 bits per heavy atom. The second-order valence-electron chi connectivity index (χ2n) is 23.1. The van der Waals surface area contributed by atoms with Gasteiger partial charge in [0.25, 0.3) is 0 Å². The van der Waals surface area contributed by atoms with Crippen molar-refractivity contribution in [1.29, 1.82) is 0 Å². The van der Waals surface area contributed by atoms with Crippen LogP contribution in [0, 0.1) is 0 Å². The predicted octanol–water partition coefficient (Wildman–Crippen LogP) is 24.0. The van der Waals surface area contributed by atoms with E-state index in [0.717, 1.165) is 99.5 Å². The molecule has 0 saturated carbocycles. The Bertz CT molecular complexity index is 5510. The number of hydrogen-bond acceptors (Lipinski definition) is 4. The maximum absolute atomic E-state index is 6.91. The number of rotatable bonds is 6. The lowest BCUT2D eigenvalue weighted by atomic mass is 9.97. The normalized spacial score (nSPS) is 12.2. The molecule has 0 aliphatic heterocycles. The number of nitrogens with zero attached hydrogens (tertiary/aromatic N) is 2. The highest BCUT2D eigenvalue weighted by Gasteiger charge is 2.23. The monoisotopic (exact) mass is 1090 g/mol. The second-order valence-corrected chi connectivity index (χ2v) is 23.1. The number of anilines is 6. The summed E-state index contributed by atoms with van der Waals surface area (Å²) < 4.78 is 13.8. The van der Waals surface area contributed by atoms with E-state index in [1.807, 2.05) is 0 Å². The highest BCUT2D eigenvalue weighted by atomic mass is 16.3. The summed E-state index contributed by atoms with van der Waals surface area (Å²) >= 11 is 0. The number of fused-ring (bicyclic) bond motifs is 20. The van der Waals surface area contributed by atoms with Gasteiger partial charge in [0.05, 0.1) is 22.7 Å². The van der Waals surface area contributed by atoms with E-state index >= 15 is 0 Å². The molecule has 0 saturated heterocycles. The molecule has 2 heterocycles. The average Bonchev–Trinajstić information content (AvgIpc) is 2.95. The first kappa shape index (κ1) is 47.1. The highest BCUT2D eigenvalue weighted by Crippen LogP contribution is 2.49. The summed E-state index contributed by atoms with van der Waals surface area (Å²) in [4.78, 5) is 4.91. The first-order valence-corrected chi connectivity index (χ1v) is 29.5. The third-order valence-corrected chi connectivity index (χ3v) is 18.5. The van der Waals surface area contributed by atoms with Crippen molar-refractivity contribution in [3.05, 3.63) is 291 Å². The molecule has 0 aliphatic carbocycles. The van der Waals surface area contributed by atoms with E-state index in [0.29, 0.717) is 0 Å². The van der Waals surface area contributed by atoms with Gasteiger partial charge in [-0.25, -0.2) is 0 Å². The lowest BCUT2D eigenvalue weighted by molar-refractivity contribution is 0.664. The average molecular weight is 1090 g/mol. The summed E-state index contributed by atoms with van der Waals surface area (Å²) in [7, 11) is 0. The third-order valence-electron chi connectivity index (χ3n) is 18.5. The van der Waals surface area contributed by atoms with E-state index in [1.165, 1.54) is 86.2 Å². The molecule has 398 valence electrons. The van der Waals surface area contributed by atoms with Crippen molar-refractivity contribution in [2.75, 3.05) is 9.80 Å². The van der Waals surface area contributed by atoms with E-state index in [4.69, 9.17) is 8.83 Å². The van der Waals surface area contributed by atoms with Crippen molar-refractivity contribution in [2.45, 2.75) is 0 Å². The van der Waals surface area contributed by atoms with Crippen LogP contribution in [0.15, 0.2) is 300 Å². The molecule has 0 radical (unpaired) electrons. The van der Waals surface area contributed by atoms with Gasteiger partial charge >= 0.3 is 0 Å². The van der Waals surface area contributed by atoms with Crippen molar-refractivity contribution >= 4 is 186 Å². The van der Waals surface area contributed by atoms with Crippen LogP contribution in [0.25, 0.3) is 152 Å². The largest absolute Gasteiger partial charge is 0.456 e. The minimum atomic E-state index is 0.829. The highest BCUT2D eigenvalue weighted by molar-refractivity contribution is 6.22. The molecule has 0 bridgehead atoms. The lowest BCUT2D eigenvalue weighted by Crippen LogP contribution is -2.11. The number of furan rings is 2. The molecule has 17 aromatic carbocycles. The fourth-order valence-electron chi connectivity index (χ4n) is 14.5. The van der Waals surface area contributed by atoms with Crippen molar-refractivity contribution in [2.24, 2.45) is 0 Å². The van der Waals surface area contributed by atoms with Gasteiger partial charge in [-0.3, -0.25) is 0 Å². The summed E-state index contributed by atoms with van der Waals surface area (Å²) in [5, 5.41) is 28.1. The Kier molecular flexibility index (Phi) is 9.86. The van der Waals surface area contributed by atoms with E-state index in [1.54, 1.807) is 0 Å². The standard InChI is InChI=1S/C82H48N2O2/c1-5-17-59-49(13-1)31-37-67-63(59)21-9-25-75(67)83(76-26-10-22-64-60-18-6-2-14-50(60)32-38-68(64)76)57-35-29-53-43-71-73-47-82-74(48-81(73)85-79(71)45-55(53)41-57)72-44-54-30-36-58(42-56(54)46-80(72)86-82)84(77-27-11-23-65-61-19-7-3-15-51(61)33-39-69(65)77)78-28-12-24-66-62-20-8-4-16-52(62)34-40-70(66)78/h1-48H. The van der Waals surface area contributed by atoms with Gasteiger partial charge in [0.1, 0.15) is 22.3 Å². The summed E-state index contributed by atoms with van der Waals surface area (Å²) in [5.74, 6) is 0. The van der Waals surface area contributed by atoms with Gasteiger partial charge in [-0.05, 0) is 171 Å². The molecular weight excluding hydrogens is 1040 g/mol. The molecule has 0 amide bonds.